The van der Waals surface area contributed by atoms with Gasteiger partial charge in [0.2, 0.25) is 0 Å². The molecule has 0 heterocycles. The van der Waals surface area contributed by atoms with Gasteiger partial charge in [0.05, 0.1) is 0 Å². The van der Waals surface area contributed by atoms with Crippen LogP contribution in [-0.4, -0.2) is 5.11 Å². The second-order valence-corrected chi connectivity index (χ2v) is 9.27. The molecule has 1 aromatic carbocycles. The van der Waals surface area contributed by atoms with Gasteiger partial charge in [0.15, 0.2) is 0 Å². The maximum Gasteiger partial charge on any atom is 0.122 e. The Morgan fingerprint density at radius 2 is 1.30 bits per heavy atom. The molecular weight excluding hydrogens is 244 g/mol. The highest BCUT2D eigenvalue weighted by Gasteiger charge is 2.26. The lowest BCUT2D eigenvalue weighted by Crippen LogP contribution is -2.19. The van der Waals surface area contributed by atoms with Crippen molar-refractivity contribution in [2.45, 2.75) is 79.6 Å². The van der Waals surface area contributed by atoms with Crippen LogP contribution in [0.15, 0.2) is 12.1 Å². The molecule has 0 spiro atoms. The zero-order valence-corrected chi connectivity index (χ0v) is 14.8. The first-order valence-electron chi connectivity index (χ1n) is 7.59. The van der Waals surface area contributed by atoms with Crippen LogP contribution < -0.4 is 0 Å². The summed E-state index contributed by atoms with van der Waals surface area (Å²) in [5.41, 5.74) is 3.67. The minimum Gasteiger partial charge on any atom is -0.507 e. The molecule has 1 aromatic rings. The first kappa shape index (κ1) is 17.1. The van der Waals surface area contributed by atoms with Gasteiger partial charge in [-0.05, 0) is 39.4 Å². The van der Waals surface area contributed by atoms with E-state index in [9.17, 15) is 5.11 Å². The van der Waals surface area contributed by atoms with Gasteiger partial charge < -0.3 is 5.11 Å². The lowest BCUT2D eigenvalue weighted by Gasteiger charge is -2.29. The molecule has 0 aliphatic carbocycles. The SMILES string of the molecule is CC(C)(C)Cc1cc(C(C)(C)C)cc(C(C)(C)C)c1O. The van der Waals surface area contributed by atoms with Crippen molar-refractivity contribution >= 4 is 0 Å². The molecule has 114 valence electrons. The van der Waals surface area contributed by atoms with E-state index in [1.54, 1.807) is 0 Å². The molecule has 0 saturated heterocycles. The Bertz CT molecular complexity index is 476. The zero-order chi connectivity index (χ0) is 15.9. The van der Waals surface area contributed by atoms with E-state index in [1.807, 2.05) is 0 Å². The van der Waals surface area contributed by atoms with Crippen LogP contribution in [0.2, 0.25) is 0 Å². The highest BCUT2D eigenvalue weighted by Crippen LogP contribution is 2.39. The molecule has 0 aromatic heterocycles. The van der Waals surface area contributed by atoms with Gasteiger partial charge in [0.1, 0.15) is 5.75 Å². The lowest BCUT2D eigenvalue weighted by atomic mass is 9.77. The fraction of sp³-hybridized carbons (Fsp3) is 0.684. The third-order valence-corrected chi connectivity index (χ3v) is 3.58. The van der Waals surface area contributed by atoms with E-state index < -0.39 is 0 Å². The highest BCUT2D eigenvalue weighted by molar-refractivity contribution is 5.49. The molecule has 1 N–H and O–H groups in total. The molecule has 1 rings (SSSR count). The second kappa shape index (κ2) is 5.09. The van der Waals surface area contributed by atoms with Crippen LogP contribution in [0.1, 0.15) is 79.0 Å². The molecule has 0 saturated carbocycles. The molecule has 20 heavy (non-hydrogen) atoms. The first-order chi connectivity index (χ1) is 8.72. The quantitative estimate of drug-likeness (QED) is 0.710. The zero-order valence-electron chi connectivity index (χ0n) is 14.8. The fourth-order valence-corrected chi connectivity index (χ4v) is 2.41. The van der Waals surface area contributed by atoms with Gasteiger partial charge >= 0.3 is 0 Å². The number of hydrogen-bond acceptors (Lipinski definition) is 1. The third kappa shape index (κ3) is 4.26. The molecule has 1 nitrogen and oxygen atoms in total. The molecule has 0 aliphatic rings. The van der Waals surface area contributed by atoms with Crippen LogP contribution in [-0.2, 0) is 17.3 Å². The van der Waals surface area contributed by atoms with E-state index >= 15 is 0 Å². The highest BCUT2D eigenvalue weighted by atomic mass is 16.3. The number of benzene rings is 1. The average Bonchev–Trinajstić information content (AvgIpc) is 2.15. The van der Waals surface area contributed by atoms with Crippen molar-refractivity contribution in [3.8, 4) is 5.75 Å². The van der Waals surface area contributed by atoms with E-state index in [4.69, 9.17) is 0 Å². The molecule has 0 fully saturated rings. The Morgan fingerprint density at radius 1 is 0.800 bits per heavy atom. The molecule has 0 unspecified atom stereocenters. The summed E-state index contributed by atoms with van der Waals surface area (Å²) in [6.45, 7) is 19.8. The van der Waals surface area contributed by atoms with Gasteiger partial charge in [-0.15, -0.1) is 0 Å². The Kier molecular flexibility index (Phi) is 4.35. The number of aromatic hydroxyl groups is 1. The summed E-state index contributed by atoms with van der Waals surface area (Å²) in [6, 6.07) is 4.37. The topological polar surface area (TPSA) is 20.2 Å². The number of rotatable bonds is 1. The standard InChI is InChI=1S/C19H32O/c1-17(2,3)12-13-10-14(18(4,5)6)11-15(16(13)20)19(7,8)9/h10-11,20H,12H2,1-9H3. The summed E-state index contributed by atoms with van der Waals surface area (Å²) in [5.74, 6) is 0.487. The van der Waals surface area contributed by atoms with Crippen molar-refractivity contribution in [3.05, 3.63) is 28.8 Å². The van der Waals surface area contributed by atoms with Crippen molar-refractivity contribution < 1.29 is 5.11 Å². The molecule has 0 radical (unpaired) electrons. The summed E-state index contributed by atoms with van der Waals surface area (Å²) in [4.78, 5) is 0. The smallest absolute Gasteiger partial charge is 0.122 e. The van der Waals surface area contributed by atoms with Gasteiger partial charge in [0, 0.05) is 0 Å². The third-order valence-electron chi connectivity index (χ3n) is 3.58. The first-order valence-corrected chi connectivity index (χ1v) is 7.59. The maximum absolute atomic E-state index is 10.7. The van der Waals surface area contributed by atoms with Crippen LogP contribution in [0.25, 0.3) is 0 Å². The monoisotopic (exact) mass is 276 g/mol. The largest absolute Gasteiger partial charge is 0.507 e. The summed E-state index contributed by atoms with van der Waals surface area (Å²) in [7, 11) is 0. The molecule has 0 amide bonds. The minimum atomic E-state index is -0.0437. The molecule has 0 aliphatic heterocycles. The Morgan fingerprint density at radius 3 is 1.65 bits per heavy atom. The predicted molar refractivity (Wildman–Crippen MR) is 88.7 cm³/mol. The molecular formula is C19H32O. The van der Waals surface area contributed by atoms with Crippen LogP contribution in [0.5, 0.6) is 5.75 Å². The van der Waals surface area contributed by atoms with Gasteiger partial charge in [-0.1, -0.05) is 74.4 Å². The van der Waals surface area contributed by atoms with Crippen LogP contribution in [0.4, 0.5) is 0 Å². The summed E-state index contributed by atoms with van der Waals surface area (Å²) >= 11 is 0. The van der Waals surface area contributed by atoms with Gasteiger partial charge in [-0.2, -0.15) is 0 Å². The van der Waals surface area contributed by atoms with Crippen LogP contribution in [0, 0.1) is 5.41 Å². The fourth-order valence-electron chi connectivity index (χ4n) is 2.41. The average molecular weight is 276 g/mol. The lowest BCUT2D eigenvalue weighted by molar-refractivity contribution is 0.387. The summed E-state index contributed by atoms with van der Waals surface area (Å²) in [6.07, 6.45) is 0.895. The Hall–Kier alpha value is -0.980. The normalized spacial score (nSPS) is 13.7. The number of phenols is 1. The van der Waals surface area contributed by atoms with Crippen molar-refractivity contribution in [2.75, 3.05) is 0 Å². The Labute approximate surface area is 125 Å². The Balaban J connectivity index is 3.51. The minimum absolute atomic E-state index is 0.0437. The molecule has 1 heteroatoms. The van der Waals surface area contributed by atoms with Crippen molar-refractivity contribution in [1.29, 1.82) is 0 Å². The number of phenolic OH excluding ortho intramolecular Hbond substituents is 1. The van der Waals surface area contributed by atoms with Crippen LogP contribution >= 0.6 is 0 Å². The predicted octanol–water partition coefficient (Wildman–Crippen LogP) is 5.58. The van der Waals surface area contributed by atoms with Gasteiger partial charge in [-0.25, -0.2) is 0 Å². The van der Waals surface area contributed by atoms with Gasteiger partial charge in [-0.3, -0.25) is 0 Å². The molecule has 0 bridgehead atoms. The van der Waals surface area contributed by atoms with Crippen molar-refractivity contribution in [3.63, 3.8) is 0 Å². The van der Waals surface area contributed by atoms with E-state index in [0.29, 0.717) is 5.75 Å². The number of hydrogen-bond donors (Lipinski definition) is 1. The van der Waals surface area contributed by atoms with Crippen molar-refractivity contribution in [2.24, 2.45) is 5.41 Å². The summed E-state index contributed by atoms with van der Waals surface area (Å²) < 4.78 is 0. The maximum atomic E-state index is 10.7. The van der Waals surface area contributed by atoms with E-state index in [2.05, 4.69) is 74.4 Å². The second-order valence-electron chi connectivity index (χ2n) is 9.27. The van der Waals surface area contributed by atoms with E-state index in [-0.39, 0.29) is 16.2 Å². The van der Waals surface area contributed by atoms with E-state index in [1.165, 1.54) is 5.56 Å². The van der Waals surface area contributed by atoms with Crippen LogP contribution in [0.3, 0.4) is 0 Å². The van der Waals surface area contributed by atoms with Crippen molar-refractivity contribution in [1.82, 2.24) is 0 Å². The molecule has 0 atom stereocenters. The summed E-state index contributed by atoms with van der Waals surface area (Å²) in [5, 5.41) is 10.7. The van der Waals surface area contributed by atoms with Gasteiger partial charge in [0.25, 0.3) is 0 Å². The van der Waals surface area contributed by atoms with E-state index in [0.717, 1.165) is 17.5 Å².